The quantitative estimate of drug-likeness (QED) is 0.641. The van der Waals surface area contributed by atoms with E-state index < -0.39 is 0 Å². The van der Waals surface area contributed by atoms with Crippen molar-refractivity contribution in [3.8, 4) is 0 Å². The Morgan fingerprint density at radius 1 is 1.00 bits per heavy atom. The average Bonchev–Trinajstić information content (AvgIpc) is 2.27. The molecule has 0 aromatic heterocycles. The van der Waals surface area contributed by atoms with Gasteiger partial charge in [-0.25, -0.2) is 0 Å². The molecule has 0 aromatic rings. The van der Waals surface area contributed by atoms with Crippen molar-refractivity contribution in [1.82, 2.24) is 10.2 Å². The predicted molar refractivity (Wildman–Crippen MR) is 87.7 cm³/mol. The molecule has 0 saturated carbocycles. The van der Waals surface area contributed by atoms with Crippen molar-refractivity contribution in [3.63, 3.8) is 0 Å². The van der Waals surface area contributed by atoms with Crippen LogP contribution in [0.3, 0.4) is 0 Å². The maximum absolute atomic E-state index is 3.59. The molecule has 2 nitrogen and oxygen atoms in total. The van der Waals surface area contributed by atoms with Crippen LogP contribution in [0.2, 0.25) is 0 Å². The Morgan fingerprint density at radius 3 is 1.89 bits per heavy atom. The molecule has 0 heterocycles. The van der Waals surface area contributed by atoms with E-state index >= 15 is 0 Å². The molecule has 0 saturated heterocycles. The Labute approximate surface area is 122 Å². The zero-order chi connectivity index (χ0) is 15.1. The molecule has 19 heavy (non-hydrogen) atoms. The summed E-state index contributed by atoms with van der Waals surface area (Å²) in [7, 11) is 0. The zero-order valence-electron chi connectivity index (χ0n) is 14.7. The van der Waals surface area contributed by atoms with E-state index in [0.717, 1.165) is 18.5 Å². The van der Waals surface area contributed by atoms with Gasteiger partial charge in [0.25, 0.3) is 0 Å². The Balaban J connectivity index is 4.59. The molecule has 1 N–H and O–H groups in total. The highest BCUT2D eigenvalue weighted by Gasteiger charge is 2.25. The molecule has 0 amide bonds. The molecule has 0 aliphatic rings. The van der Waals surface area contributed by atoms with Crippen LogP contribution in [-0.2, 0) is 0 Å². The van der Waals surface area contributed by atoms with Gasteiger partial charge < -0.3 is 5.32 Å². The lowest BCUT2D eigenvalue weighted by atomic mass is 9.90. The van der Waals surface area contributed by atoms with Crippen molar-refractivity contribution in [2.45, 2.75) is 80.3 Å². The molecule has 0 atom stereocenters. The van der Waals surface area contributed by atoms with Crippen molar-refractivity contribution in [3.05, 3.63) is 0 Å². The van der Waals surface area contributed by atoms with E-state index in [2.05, 4.69) is 65.6 Å². The summed E-state index contributed by atoms with van der Waals surface area (Å²) in [6, 6.07) is 1.31. The van der Waals surface area contributed by atoms with Gasteiger partial charge in [-0.2, -0.15) is 0 Å². The molecular formula is C17H38N2. The summed E-state index contributed by atoms with van der Waals surface area (Å²) in [5, 5.41) is 3.59. The second-order valence-electron chi connectivity index (χ2n) is 7.49. The predicted octanol–water partition coefficient (Wildman–Crippen LogP) is 4.16. The van der Waals surface area contributed by atoms with Crippen molar-refractivity contribution in [2.24, 2.45) is 11.3 Å². The van der Waals surface area contributed by atoms with Crippen LogP contribution in [0.25, 0.3) is 0 Å². The fourth-order valence-electron chi connectivity index (χ4n) is 2.70. The van der Waals surface area contributed by atoms with Gasteiger partial charge in [0.2, 0.25) is 0 Å². The first-order valence-corrected chi connectivity index (χ1v) is 8.19. The third-order valence-electron chi connectivity index (χ3n) is 3.68. The molecule has 0 aliphatic heterocycles. The van der Waals surface area contributed by atoms with Gasteiger partial charge in [-0.15, -0.1) is 0 Å². The van der Waals surface area contributed by atoms with Gasteiger partial charge in [-0.3, -0.25) is 4.90 Å². The number of nitrogens with zero attached hydrogens (tertiary/aromatic N) is 1. The largest absolute Gasteiger partial charge is 0.314 e. The molecular weight excluding hydrogens is 232 g/mol. The summed E-state index contributed by atoms with van der Waals surface area (Å²) in [4.78, 5) is 2.71. The molecule has 0 aromatic carbocycles. The summed E-state index contributed by atoms with van der Waals surface area (Å²) in [6.45, 7) is 22.0. The highest BCUT2D eigenvalue weighted by Crippen LogP contribution is 2.21. The van der Waals surface area contributed by atoms with Crippen molar-refractivity contribution in [1.29, 1.82) is 0 Å². The standard InChI is InChI=1S/C17H38N2/c1-9-16(10-2)19(11-14(3)4)13-17(7,8)12-18-15(5)6/h14-16,18H,9-13H2,1-8H3. The molecule has 2 heteroatoms. The van der Waals surface area contributed by atoms with Crippen molar-refractivity contribution >= 4 is 0 Å². The van der Waals surface area contributed by atoms with Crippen LogP contribution in [0, 0.1) is 11.3 Å². The number of rotatable bonds is 10. The zero-order valence-corrected chi connectivity index (χ0v) is 14.7. The minimum Gasteiger partial charge on any atom is -0.314 e. The van der Waals surface area contributed by atoms with E-state index in [1.807, 2.05) is 0 Å². The Kier molecular flexibility index (Phi) is 8.93. The third kappa shape index (κ3) is 8.65. The van der Waals surface area contributed by atoms with E-state index in [1.165, 1.54) is 25.9 Å². The highest BCUT2D eigenvalue weighted by molar-refractivity contribution is 4.81. The second-order valence-corrected chi connectivity index (χ2v) is 7.49. The van der Waals surface area contributed by atoms with Crippen molar-refractivity contribution in [2.75, 3.05) is 19.6 Å². The molecule has 0 bridgehead atoms. The molecule has 0 rings (SSSR count). The third-order valence-corrected chi connectivity index (χ3v) is 3.68. The fourth-order valence-corrected chi connectivity index (χ4v) is 2.70. The maximum atomic E-state index is 3.59. The summed E-state index contributed by atoms with van der Waals surface area (Å²) in [6.07, 6.45) is 2.52. The molecule has 0 radical (unpaired) electrons. The van der Waals surface area contributed by atoms with E-state index in [0.29, 0.717) is 11.5 Å². The SMILES string of the molecule is CCC(CC)N(CC(C)C)CC(C)(C)CNC(C)C. The van der Waals surface area contributed by atoms with Gasteiger partial charge in [-0.1, -0.05) is 55.4 Å². The number of hydrogen-bond acceptors (Lipinski definition) is 2. The van der Waals surface area contributed by atoms with Crippen LogP contribution in [-0.4, -0.2) is 36.6 Å². The van der Waals surface area contributed by atoms with Gasteiger partial charge in [0.1, 0.15) is 0 Å². The van der Waals surface area contributed by atoms with Gasteiger partial charge in [0, 0.05) is 31.7 Å². The lowest BCUT2D eigenvalue weighted by molar-refractivity contribution is 0.106. The van der Waals surface area contributed by atoms with Crippen LogP contribution in [0.15, 0.2) is 0 Å². The monoisotopic (exact) mass is 270 g/mol. The summed E-state index contributed by atoms with van der Waals surface area (Å²) in [5.74, 6) is 0.745. The Morgan fingerprint density at radius 2 is 1.53 bits per heavy atom. The average molecular weight is 271 g/mol. The van der Waals surface area contributed by atoms with Gasteiger partial charge in [0.15, 0.2) is 0 Å². The molecule has 0 unspecified atom stereocenters. The van der Waals surface area contributed by atoms with E-state index in [-0.39, 0.29) is 0 Å². The second kappa shape index (κ2) is 8.97. The summed E-state index contributed by atoms with van der Waals surface area (Å²) in [5.41, 5.74) is 0.335. The van der Waals surface area contributed by atoms with Crippen molar-refractivity contribution < 1.29 is 0 Å². The fraction of sp³-hybridized carbons (Fsp3) is 1.00. The van der Waals surface area contributed by atoms with Crippen LogP contribution < -0.4 is 5.32 Å². The minimum atomic E-state index is 0.335. The summed E-state index contributed by atoms with van der Waals surface area (Å²) >= 11 is 0. The lowest BCUT2D eigenvalue weighted by Crippen LogP contribution is -2.47. The maximum Gasteiger partial charge on any atom is 0.00903 e. The molecule has 0 fully saturated rings. The smallest absolute Gasteiger partial charge is 0.00903 e. The van der Waals surface area contributed by atoms with Gasteiger partial charge >= 0.3 is 0 Å². The van der Waals surface area contributed by atoms with Crippen LogP contribution in [0.1, 0.15) is 68.2 Å². The van der Waals surface area contributed by atoms with Gasteiger partial charge in [-0.05, 0) is 24.2 Å². The first kappa shape index (κ1) is 18.9. The summed E-state index contributed by atoms with van der Waals surface area (Å²) < 4.78 is 0. The normalized spacial score (nSPS) is 13.3. The molecule has 116 valence electrons. The molecule has 0 aliphatic carbocycles. The Bertz CT molecular complexity index is 217. The van der Waals surface area contributed by atoms with E-state index in [1.54, 1.807) is 0 Å². The Hall–Kier alpha value is -0.0800. The number of hydrogen-bond donors (Lipinski definition) is 1. The van der Waals surface area contributed by atoms with E-state index in [4.69, 9.17) is 0 Å². The first-order chi connectivity index (χ1) is 8.71. The van der Waals surface area contributed by atoms with Crippen LogP contribution in [0.4, 0.5) is 0 Å². The minimum absolute atomic E-state index is 0.335. The first-order valence-electron chi connectivity index (χ1n) is 8.19. The van der Waals surface area contributed by atoms with Crippen LogP contribution >= 0.6 is 0 Å². The molecule has 0 spiro atoms. The van der Waals surface area contributed by atoms with Gasteiger partial charge in [0.05, 0.1) is 0 Å². The topological polar surface area (TPSA) is 15.3 Å². The number of nitrogens with one attached hydrogen (secondary N) is 1. The van der Waals surface area contributed by atoms with Crippen LogP contribution in [0.5, 0.6) is 0 Å². The van der Waals surface area contributed by atoms with E-state index in [9.17, 15) is 0 Å². The highest BCUT2D eigenvalue weighted by atomic mass is 15.2. The lowest BCUT2D eigenvalue weighted by Gasteiger charge is -2.38.